The smallest absolute Gasteiger partial charge is 0.264 e. The molecule has 2 aromatic rings. The zero-order valence-corrected chi connectivity index (χ0v) is 15.7. The Kier molecular flexibility index (Phi) is 5.00. The number of fused-ring (bicyclic) bond motifs is 1. The second kappa shape index (κ2) is 7.59. The van der Waals surface area contributed by atoms with Crippen molar-refractivity contribution in [3.05, 3.63) is 53.8 Å². The van der Waals surface area contributed by atoms with Crippen molar-refractivity contribution in [3.63, 3.8) is 0 Å². The van der Waals surface area contributed by atoms with E-state index in [1.54, 1.807) is 43.4 Å². The molecule has 0 aromatic heterocycles. The topological polar surface area (TPSA) is 61.9 Å². The van der Waals surface area contributed by atoms with E-state index in [1.165, 1.54) is 11.0 Å². The Labute approximate surface area is 162 Å². The van der Waals surface area contributed by atoms with E-state index in [9.17, 15) is 14.0 Å². The van der Waals surface area contributed by atoms with Gasteiger partial charge < -0.3 is 15.0 Å². The molecule has 0 bridgehead atoms. The third kappa shape index (κ3) is 3.45. The molecule has 0 aliphatic carbocycles. The summed E-state index contributed by atoms with van der Waals surface area (Å²) in [6, 6.07) is 11.6. The number of para-hydroxylation sites is 1. The molecule has 1 N–H and O–H groups in total. The number of ether oxygens (including phenoxy) is 1. The van der Waals surface area contributed by atoms with Crippen LogP contribution in [0.3, 0.4) is 0 Å². The lowest BCUT2D eigenvalue weighted by Gasteiger charge is -2.28. The maximum Gasteiger partial charge on any atom is 0.264 e. The quantitative estimate of drug-likeness (QED) is 0.882. The van der Waals surface area contributed by atoms with Crippen LogP contribution in [0.2, 0.25) is 0 Å². The average Bonchev–Trinajstić information content (AvgIpc) is 3.15. The van der Waals surface area contributed by atoms with Crippen LogP contribution >= 0.6 is 0 Å². The predicted octanol–water partition coefficient (Wildman–Crippen LogP) is 2.78. The Morgan fingerprint density at radius 3 is 2.89 bits per heavy atom. The molecule has 2 heterocycles. The fourth-order valence-corrected chi connectivity index (χ4v) is 3.78. The number of nitrogens with one attached hydrogen (secondary N) is 1. The number of likely N-dealkylation sites (N-methyl/N-ethyl adjacent to an activating group) is 1. The van der Waals surface area contributed by atoms with Gasteiger partial charge in [0.25, 0.3) is 5.91 Å². The summed E-state index contributed by atoms with van der Waals surface area (Å²) in [5.41, 5.74) is 1.76. The van der Waals surface area contributed by atoms with Gasteiger partial charge in [-0.2, -0.15) is 0 Å². The fourth-order valence-electron chi connectivity index (χ4n) is 3.78. The summed E-state index contributed by atoms with van der Waals surface area (Å²) in [4.78, 5) is 28.3. The number of nitrogens with zero attached hydrogens (tertiary/aromatic N) is 2. The first-order chi connectivity index (χ1) is 13.5. The van der Waals surface area contributed by atoms with E-state index >= 15 is 0 Å². The second-order valence-electron chi connectivity index (χ2n) is 7.10. The largest absolute Gasteiger partial charge is 0.479 e. The van der Waals surface area contributed by atoms with Crippen molar-refractivity contribution in [1.82, 2.24) is 4.90 Å². The van der Waals surface area contributed by atoms with Gasteiger partial charge in [0.05, 0.1) is 17.4 Å². The highest BCUT2D eigenvalue weighted by Gasteiger charge is 2.32. The molecule has 2 aliphatic rings. The molecule has 0 saturated carbocycles. The number of carbonyl (C=O) groups is 2. The van der Waals surface area contributed by atoms with Crippen LogP contribution in [-0.2, 0) is 16.1 Å². The maximum atomic E-state index is 14.0. The molecule has 1 unspecified atom stereocenters. The number of hydrogen-bond donors (Lipinski definition) is 1. The average molecular weight is 383 g/mol. The minimum absolute atomic E-state index is 0.0563. The second-order valence-corrected chi connectivity index (χ2v) is 7.10. The van der Waals surface area contributed by atoms with Crippen molar-refractivity contribution >= 4 is 23.2 Å². The Balaban J connectivity index is 1.51. The van der Waals surface area contributed by atoms with Crippen LogP contribution in [0, 0.1) is 5.82 Å². The number of benzene rings is 2. The van der Waals surface area contributed by atoms with Crippen LogP contribution in [0.1, 0.15) is 18.4 Å². The Hall–Kier alpha value is -2.93. The van der Waals surface area contributed by atoms with Crippen molar-refractivity contribution in [1.29, 1.82) is 0 Å². The summed E-state index contributed by atoms with van der Waals surface area (Å²) in [5, 5.41) is 2.94. The number of rotatable bonds is 4. The Morgan fingerprint density at radius 1 is 1.25 bits per heavy atom. The van der Waals surface area contributed by atoms with E-state index in [0.29, 0.717) is 35.7 Å². The molecule has 146 valence electrons. The highest BCUT2D eigenvalue weighted by Crippen LogP contribution is 2.38. The van der Waals surface area contributed by atoms with Gasteiger partial charge >= 0.3 is 0 Å². The van der Waals surface area contributed by atoms with Crippen LogP contribution in [-0.4, -0.2) is 43.0 Å². The third-order valence-electron chi connectivity index (χ3n) is 5.33. The van der Waals surface area contributed by atoms with Gasteiger partial charge in [-0.15, -0.1) is 0 Å². The third-order valence-corrected chi connectivity index (χ3v) is 5.33. The standard InChI is InChI=1S/C21H22FN3O3/c1-24-17-9-4-8-16(20(17)28-13-19(24)26)23-21(27)18-10-5-11-25(18)12-14-6-2-3-7-15(14)22/h2-4,6-9,18H,5,10-13H2,1H3,(H,23,27). The predicted molar refractivity (Wildman–Crippen MR) is 104 cm³/mol. The highest BCUT2D eigenvalue weighted by molar-refractivity contribution is 6.02. The van der Waals surface area contributed by atoms with E-state index in [0.717, 1.165) is 13.0 Å². The molecule has 2 aromatic carbocycles. The lowest BCUT2D eigenvalue weighted by atomic mass is 10.1. The van der Waals surface area contributed by atoms with E-state index in [-0.39, 0.29) is 30.3 Å². The van der Waals surface area contributed by atoms with Crippen LogP contribution in [0.4, 0.5) is 15.8 Å². The molecule has 7 heteroatoms. The van der Waals surface area contributed by atoms with Gasteiger partial charge in [0.2, 0.25) is 5.91 Å². The van der Waals surface area contributed by atoms with Crippen molar-refractivity contribution in [3.8, 4) is 5.75 Å². The minimum Gasteiger partial charge on any atom is -0.479 e. The normalized spacial score (nSPS) is 19.3. The first-order valence-electron chi connectivity index (χ1n) is 9.35. The van der Waals surface area contributed by atoms with Crippen molar-refractivity contribution in [2.75, 3.05) is 30.4 Å². The van der Waals surface area contributed by atoms with E-state index in [2.05, 4.69) is 5.32 Å². The van der Waals surface area contributed by atoms with Gasteiger partial charge in [0.1, 0.15) is 5.82 Å². The highest BCUT2D eigenvalue weighted by atomic mass is 19.1. The molecule has 0 spiro atoms. The van der Waals surface area contributed by atoms with Crippen molar-refractivity contribution < 1.29 is 18.7 Å². The number of anilines is 2. The molecule has 2 amide bonds. The summed E-state index contributed by atoms with van der Waals surface area (Å²) >= 11 is 0. The van der Waals surface area contributed by atoms with Gasteiger partial charge in [-0.3, -0.25) is 14.5 Å². The molecular weight excluding hydrogens is 361 g/mol. The van der Waals surface area contributed by atoms with Gasteiger partial charge in [0.15, 0.2) is 12.4 Å². The summed E-state index contributed by atoms with van der Waals surface area (Å²) in [6.45, 7) is 1.08. The lowest BCUT2D eigenvalue weighted by molar-refractivity contribution is -0.121. The summed E-state index contributed by atoms with van der Waals surface area (Å²) in [6.07, 6.45) is 1.60. The number of likely N-dealkylation sites (tertiary alicyclic amines) is 1. The van der Waals surface area contributed by atoms with E-state index in [4.69, 9.17) is 4.74 Å². The molecule has 4 rings (SSSR count). The Bertz CT molecular complexity index is 918. The van der Waals surface area contributed by atoms with Crippen LogP contribution in [0.15, 0.2) is 42.5 Å². The zero-order valence-electron chi connectivity index (χ0n) is 15.7. The molecule has 28 heavy (non-hydrogen) atoms. The van der Waals surface area contributed by atoms with Gasteiger partial charge in [0, 0.05) is 19.2 Å². The summed E-state index contributed by atoms with van der Waals surface area (Å²) in [7, 11) is 1.68. The van der Waals surface area contributed by atoms with Gasteiger partial charge in [-0.05, 0) is 37.6 Å². The molecule has 1 saturated heterocycles. The monoisotopic (exact) mass is 383 g/mol. The maximum absolute atomic E-state index is 14.0. The molecule has 1 atom stereocenters. The number of hydrogen-bond acceptors (Lipinski definition) is 4. The van der Waals surface area contributed by atoms with Gasteiger partial charge in [-0.1, -0.05) is 24.3 Å². The van der Waals surface area contributed by atoms with Crippen LogP contribution in [0.5, 0.6) is 5.75 Å². The van der Waals surface area contributed by atoms with Crippen molar-refractivity contribution in [2.24, 2.45) is 0 Å². The van der Waals surface area contributed by atoms with Gasteiger partial charge in [-0.25, -0.2) is 4.39 Å². The number of amides is 2. The molecule has 2 aliphatic heterocycles. The van der Waals surface area contributed by atoms with Crippen LogP contribution < -0.4 is 15.0 Å². The van der Waals surface area contributed by atoms with E-state index < -0.39 is 0 Å². The molecule has 1 fully saturated rings. The minimum atomic E-state index is -0.335. The summed E-state index contributed by atoms with van der Waals surface area (Å²) in [5.74, 6) is -0.0448. The molecule has 0 radical (unpaired) electrons. The Morgan fingerprint density at radius 2 is 2.07 bits per heavy atom. The number of carbonyl (C=O) groups excluding carboxylic acids is 2. The zero-order chi connectivity index (χ0) is 19.7. The lowest BCUT2D eigenvalue weighted by Crippen LogP contribution is -2.40. The van der Waals surface area contributed by atoms with Crippen molar-refractivity contribution in [2.45, 2.75) is 25.4 Å². The SMILES string of the molecule is CN1C(=O)COc2c(NC(=O)C3CCCN3Cc3ccccc3F)cccc21. The molecule has 6 nitrogen and oxygen atoms in total. The van der Waals surface area contributed by atoms with E-state index in [1.807, 2.05) is 4.90 Å². The first kappa shape index (κ1) is 18.4. The molecular formula is C21H22FN3O3. The fraction of sp³-hybridized carbons (Fsp3) is 0.333. The first-order valence-corrected chi connectivity index (χ1v) is 9.35. The van der Waals surface area contributed by atoms with Crippen LogP contribution in [0.25, 0.3) is 0 Å². The number of halogens is 1. The summed E-state index contributed by atoms with van der Waals surface area (Å²) < 4.78 is 19.6.